The molecule has 1 N–H and O–H groups in total. The Morgan fingerprint density at radius 1 is 1.23 bits per heavy atom. The first-order valence-corrected chi connectivity index (χ1v) is 9.97. The molecular formula is C19H24N6S. The molecule has 5 rings (SSSR count). The van der Waals surface area contributed by atoms with E-state index in [4.69, 9.17) is 22.3 Å². The fourth-order valence-corrected chi connectivity index (χ4v) is 3.97. The smallest absolute Gasteiger partial charge is 0.195 e. The number of nitrogens with one attached hydrogen (secondary N) is 1. The Morgan fingerprint density at radius 3 is 2.62 bits per heavy atom. The minimum absolute atomic E-state index is 0.495. The number of aromatic nitrogens is 6. The fraction of sp³-hybridized carbons (Fsp3) is 0.579. The maximum absolute atomic E-state index is 5.52. The lowest BCUT2D eigenvalue weighted by molar-refractivity contribution is 0.521. The van der Waals surface area contributed by atoms with Gasteiger partial charge in [-0.2, -0.15) is 10.2 Å². The maximum atomic E-state index is 5.52. The van der Waals surface area contributed by atoms with Crippen molar-refractivity contribution in [3.05, 3.63) is 22.2 Å². The SMILES string of the molecule is CC(C)Cn1c(-c2cc(C3CC3)nc3c2c(C2CC2)nn3C)n[nH]c1=S. The quantitative estimate of drug-likeness (QED) is 0.682. The normalized spacial score (nSPS) is 17.5. The van der Waals surface area contributed by atoms with Crippen molar-refractivity contribution in [1.29, 1.82) is 0 Å². The van der Waals surface area contributed by atoms with Gasteiger partial charge in [0.2, 0.25) is 0 Å². The molecule has 26 heavy (non-hydrogen) atoms. The van der Waals surface area contributed by atoms with Crippen LogP contribution in [0.15, 0.2) is 6.07 Å². The topological polar surface area (TPSA) is 64.3 Å². The van der Waals surface area contributed by atoms with Crippen molar-refractivity contribution >= 4 is 23.3 Å². The Hall–Kier alpha value is -2.02. The third-order valence-electron chi connectivity index (χ3n) is 5.35. The van der Waals surface area contributed by atoms with Gasteiger partial charge in [-0.3, -0.25) is 14.3 Å². The van der Waals surface area contributed by atoms with E-state index in [1.54, 1.807) is 0 Å². The molecule has 2 saturated carbocycles. The van der Waals surface area contributed by atoms with Gasteiger partial charge >= 0.3 is 0 Å². The van der Waals surface area contributed by atoms with E-state index in [1.165, 1.54) is 42.5 Å². The zero-order valence-electron chi connectivity index (χ0n) is 15.5. The molecule has 0 radical (unpaired) electrons. The van der Waals surface area contributed by atoms with Gasteiger partial charge in [0.25, 0.3) is 0 Å². The average molecular weight is 369 g/mol. The number of fused-ring (bicyclic) bond motifs is 1. The fourth-order valence-electron chi connectivity index (χ4n) is 3.76. The van der Waals surface area contributed by atoms with Crippen molar-refractivity contribution in [2.24, 2.45) is 13.0 Å². The van der Waals surface area contributed by atoms with E-state index in [2.05, 4.69) is 34.7 Å². The molecule has 2 aliphatic rings. The van der Waals surface area contributed by atoms with Crippen molar-refractivity contribution in [2.45, 2.75) is 57.9 Å². The molecule has 3 heterocycles. The number of H-pyrrole nitrogens is 1. The van der Waals surface area contributed by atoms with Crippen molar-refractivity contribution < 1.29 is 0 Å². The summed E-state index contributed by atoms with van der Waals surface area (Å²) in [6.07, 6.45) is 4.89. The summed E-state index contributed by atoms with van der Waals surface area (Å²) in [6.45, 7) is 5.26. The van der Waals surface area contributed by atoms with Gasteiger partial charge in [0, 0.05) is 36.7 Å². The minimum atomic E-state index is 0.495. The van der Waals surface area contributed by atoms with Crippen LogP contribution in [0.1, 0.15) is 62.8 Å². The van der Waals surface area contributed by atoms with Crippen LogP contribution in [-0.4, -0.2) is 29.5 Å². The molecule has 3 aromatic rings. The van der Waals surface area contributed by atoms with E-state index in [1.807, 2.05) is 11.7 Å². The Bertz CT molecular complexity index is 1050. The highest BCUT2D eigenvalue weighted by Crippen LogP contribution is 2.46. The zero-order valence-corrected chi connectivity index (χ0v) is 16.3. The number of pyridine rings is 1. The second-order valence-corrected chi connectivity index (χ2v) is 8.59. The van der Waals surface area contributed by atoms with Crippen LogP contribution in [0.5, 0.6) is 0 Å². The molecule has 136 valence electrons. The zero-order chi connectivity index (χ0) is 18.0. The highest BCUT2D eigenvalue weighted by Gasteiger charge is 2.33. The molecule has 0 amide bonds. The molecule has 0 unspecified atom stereocenters. The van der Waals surface area contributed by atoms with E-state index < -0.39 is 0 Å². The predicted molar refractivity (Wildman–Crippen MR) is 104 cm³/mol. The summed E-state index contributed by atoms with van der Waals surface area (Å²) in [4.78, 5) is 4.98. The first kappa shape index (κ1) is 16.2. The van der Waals surface area contributed by atoms with Crippen LogP contribution in [0.4, 0.5) is 0 Å². The molecule has 0 aromatic carbocycles. The first-order valence-electron chi connectivity index (χ1n) is 9.56. The minimum Gasteiger partial charge on any atom is -0.300 e. The summed E-state index contributed by atoms with van der Waals surface area (Å²) in [5, 5.41) is 13.6. The first-order chi connectivity index (χ1) is 12.5. The van der Waals surface area contributed by atoms with Crippen molar-refractivity contribution in [1.82, 2.24) is 29.5 Å². The summed E-state index contributed by atoms with van der Waals surface area (Å²) in [5.41, 5.74) is 4.47. The number of aryl methyl sites for hydroxylation is 1. The maximum Gasteiger partial charge on any atom is 0.195 e. The van der Waals surface area contributed by atoms with E-state index >= 15 is 0 Å². The molecule has 2 fully saturated rings. The largest absolute Gasteiger partial charge is 0.300 e. The van der Waals surface area contributed by atoms with Gasteiger partial charge in [0.05, 0.1) is 11.1 Å². The number of aromatic amines is 1. The molecular weight excluding hydrogens is 344 g/mol. The molecule has 0 spiro atoms. The standard InChI is InChI=1S/C19H24N6S/c1-10(2)9-25-17(21-22-19(25)26)13-8-14(11-4-5-11)20-18-15(13)16(12-6-7-12)23-24(18)3/h8,10-12H,4-7,9H2,1-3H3,(H,22,26). The number of hydrogen-bond donors (Lipinski definition) is 1. The Labute approximate surface area is 157 Å². The van der Waals surface area contributed by atoms with Crippen molar-refractivity contribution in [3.63, 3.8) is 0 Å². The summed E-state index contributed by atoms with van der Waals surface area (Å²) >= 11 is 5.52. The second-order valence-electron chi connectivity index (χ2n) is 8.21. The lowest BCUT2D eigenvalue weighted by atomic mass is 10.0. The van der Waals surface area contributed by atoms with Crippen LogP contribution in [0.25, 0.3) is 22.4 Å². The lowest BCUT2D eigenvalue weighted by Crippen LogP contribution is -2.07. The number of hydrogen-bond acceptors (Lipinski definition) is 4. The van der Waals surface area contributed by atoms with Crippen LogP contribution in [0, 0.1) is 10.7 Å². The van der Waals surface area contributed by atoms with Crippen LogP contribution in [0.2, 0.25) is 0 Å². The Morgan fingerprint density at radius 2 is 1.96 bits per heavy atom. The molecule has 0 saturated heterocycles. The van der Waals surface area contributed by atoms with Crippen LogP contribution < -0.4 is 0 Å². The van der Waals surface area contributed by atoms with Crippen LogP contribution in [-0.2, 0) is 13.6 Å². The molecule has 6 nitrogen and oxygen atoms in total. The van der Waals surface area contributed by atoms with Gasteiger partial charge in [-0.1, -0.05) is 13.8 Å². The van der Waals surface area contributed by atoms with Crippen molar-refractivity contribution in [2.75, 3.05) is 0 Å². The van der Waals surface area contributed by atoms with Crippen LogP contribution in [0.3, 0.4) is 0 Å². The monoisotopic (exact) mass is 368 g/mol. The predicted octanol–water partition coefficient (Wildman–Crippen LogP) is 4.30. The van der Waals surface area contributed by atoms with E-state index in [0.29, 0.717) is 22.5 Å². The highest BCUT2D eigenvalue weighted by molar-refractivity contribution is 7.71. The molecule has 7 heteroatoms. The third-order valence-corrected chi connectivity index (χ3v) is 5.66. The molecule has 0 atom stereocenters. The molecule has 0 aliphatic heterocycles. The second kappa shape index (κ2) is 5.74. The molecule has 2 aliphatic carbocycles. The number of rotatable bonds is 5. The van der Waals surface area contributed by atoms with Gasteiger partial charge in [-0.15, -0.1) is 0 Å². The third kappa shape index (κ3) is 2.60. The highest BCUT2D eigenvalue weighted by atomic mass is 32.1. The Kier molecular flexibility index (Phi) is 3.57. The van der Waals surface area contributed by atoms with Gasteiger partial charge in [-0.05, 0) is 49.9 Å². The van der Waals surface area contributed by atoms with Gasteiger partial charge in [0.1, 0.15) is 0 Å². The molecule has 0 bridgehead atoms. The van der Waals surface area contributed by atoms with E-state index in [-0.39, 0.29) is 0 Å². The average Bonchev–Trinajstić information content (AvgIpc) is 3.52. The van der Waals surface area contributed by atoms with E-state index in [9.17, 15) is 0 Å². The molecule has 3 aromatic heterocycles. The van der Waals surface area contributed by atoms with Crippen LogP contribution >= 0.6 is 12.2 Å². The van der Waals surface area contributed by atoms with Crippen molar-refractivity contribution in [3.8, 4) is 11.4 Å². The van der Waals surface area contributed by atoms with Gasteiger partial charge in [-0.25, -0.2) is 4.98 Å². The summed E-state index contributed by atoms with van der Waals surface area (Å²) in [5.74, 6) is 2.56. The summed E-state index contributed by atoms with van der Waals surface area (Å²) in [7, 11) is 2.01. The van der Waals surface area contributed by atoms with Gasteiger partial charge < -0.3 is 0 Å². The summed E-state index contributed by atoms with van der Waals surface area (Å²) < 4.78 is 4.77. The Balaban J connectivity index is 1.80. The van der Waals surface area contributed by atoms with E-state index in [0.717, 1.165) is 23.6 Å². The lowest BCUT2D eigenvalue weighted by Gasteiger charge is -2.12. The summed E-state index contributed by atoms with van der Waals surface area (Å²) in [6, 6.07) is 2.25. The number of nitrogens with zero attached hydrogens (tertiary/aromatic N) is 5. The van der Waals surface area contributed by atoms with Gasteiger partial charge in [0.15, 0.2) is 16.2 Å².